The molecule has 2 aliphatic rings. The number of hydrogen-bond acceptors (Lipinski definition) is 4. The maximum absolute atomic E-state index is 13.4. The highest BCUT2D eigenvalue weighted by Crippen LogP contribution is 2.51. The van der Waals surface area contributed by atoms with Crippen molar-refractivity contribution in [3.8, 4) is 0 Å². The molecule has 2 aliphatic heterocycles. The molecule has 0 bridgehead atoms. The summed E-state index contributed by atoms with van der Waals surface area (Å²) in [5, 5.41) is 3.57. The lowest BCUT2D eigenvalue weighted by atomic mass is 9.72. The minimum Gasteiger partial charge on any atom is -0.448 e. The second-order valence-corrected chi connectivity index (χ2v) is 6.74. The Balaban J connectivity index is 1.67. The Labute approximate surface area is 135 Å². The van der Waals surface area contributed by atoms with Crippen molar-refractivity contribution in [1.82, 2.24) is 15.2 Å². The molecule has 2 atom stereocenters. The van der Waals surface area contributed by atoms with Gasteiger partial charge < -0.3 is 9.73 Å². The van der Waals surface area contributed by atoms with Crippen LogP contribution in [-0.4, -0.2) is 29.5 Å². The minimum atomic E-state index is -0.179. The standard InChI is InChI=1S/C18H22FN3O/c19-15-4-2-14(3-5-15)17-18(6-1-8-20-13-18)7-10-22(17)12-16-21-9-11-23-16/h2-5,9,11,17,20H,1,6-8,10,12-13H2. The van der Waals surface area contributed by atoms with Gasteiger partial charge in [0.15, 0.2) is 0 Å². The highest BCUT2D eigenvalue weighted by molar-refractivity contribution is 5.25. The Morgan fingerprint density at radius 1 is 1.30 bits per heavy atom. The van der Waals surface area contributed by atoms with Crippen molar-refractivity contribution in [2.24, 2.45) is 5.41 Å². The number of hydrogen-bond donors (Lipinski definition) is 1. The van der Waals surface area contributed by atoms with Crippen molar-refractivity contribution < 1.29 is 8.81 Å². The fourth-order valence-electron chi connectivity index (χ4n) is 4.34. The van der Waals surface area contributed by atoms with Gasteiger partial charge in [0.25, 0.3) is 0 Å². The maximum Gasteiger partial charge on any atom is 0.208 e. The fourth-order valence-corrected chi connectivity index (χ4v) is 4.34. The van der Waals surface area contributed by atoms with Crippen molar-refractivity contribution in [3.63, 3.8) is 0 Å². The van der Waals surface area contributed by atoms with E-state index >= 15 is 0 Å². The average Bonchev–Trinajstić information content (AvgIpc) is 3.19. The third-order valence-electron chi connectivity index (χ3n) is 5.35. The minimum absolute atomic E-state index is 0.179. The molecule has 0 saturated carbocycles. The number of likely N-dealkylation sites (tertiary alicyclic amines) is 1. The zero-order valence-corrected chi connectivity index (χ0v) is 13.2. The quantitative estimate of drug-likeness (QED) is 0.945. The Kier molecular flexibility index (Phi) is 3.91. The normalized spacial score (nSPS) is 28.5. The van der Waals surface area contributed by atoms with E-state index in [-0.39, 0.29) is 17.3 Å². The van der Waals surface area contributed by atoms with Crippen LogP contribution in [0.3, 0.4) is 0 Å². The molecule has 1 N–H and O–H groups in total. The van der Waals surface area contributed by atoms with E-state index in [1.54, 1.807) is 24.6 Å². The molecule has 4 nitrogen and oxygen atoms in total. The zero-order valence-electron chi connectivity index (χ0n) is 13.2. The van der Waals surface area contributed by atoms with Crippen LogP contribution < -0.4 is 5.32 Å². The van der Waals surface area contributed by atoms with E-state index in [4.69, 9.17) is 4.42 Å². The van der Waals surface area contributed by atoms with E-state index < -0.39 is 0 Å². The Hall–Kier alpha value is -1.72. The molecule has 0 radical (unpaired) electrons. The number of piperidine rings is 1. The Morgan fingerprint density at radius 2 is 2.17 bits per heavy atom. The first-order valence-electron chi connectivity index (χ1n) is 8.35. The predicted molar refractivity (Wildman–Crippen MR) is 85.2 cm³/mol. The number of aromatic nitrogens is 1. The van der Waals surface area contributed by atoms with Gasteiger partial charge in [0, 0.05) is 18.0 Å². The molecule has 3 heterocycles. The third-order valence-corrected chi connectivity index (χ3v) is 5.35. The van der Waals surface area contributed by atoms with Gasteiger partial charge in [0.1, 0.15) is 12.1 Å². The molecule has 2 saturated heterocycles. The van der Waals surface area contributed by atoms with Crippen molar-refractivity contribution in [3.05, 3.63) is 54.0 Å². The van der Waals surface area contributed by atoms with Gasteiger partial charge in [0.05, 0.1) is 12.7 Å². The van der Waals surface area contributed by atoms with Gasteiger partial charge in [0.2, 0.25) is 5.89 Å². The summed E-state index contributed by atoms with van der Waals surface area (Å²) in [7, 11) is 0. The van der Waals surface area contributed by atoms with Gasteiger partial charge >= 0.3 is 0 Å². The van der Waals surface area contributed by atoms with E-state index in [1.165, 1.54) is 18.4 Å². The van der Waals surface area contributed by atoms with Crippen molar-refractivity contribution in [1.29, 1.82) is 0 Å². The fraction of sp³-hybridized carbons (Fsp3) is 0.500. The molecule has 122 valence electrons. The highest BCUT2D eigenvalue weighted by Gasteiger charge is 2.48. The number of oxazole rings is 1. The van der Waals surface area contributed by atoms with E-state index in [0.29, 0.717) is 6.54 Å². The van der Waals surface area contributed by atoms with E-state index in [1.807, 2.05) is 12.1 Å². The lowest BCUT2D eigenvalue weighted by molar-refractivity contribution is 0.110. The number of halogens is 1. The molecular formula is C18H22FN3O. The molecule has 1 spiro atoms. The average molecular weight is 315 g/mol. The topological polar surface area (TPSA) is 41.3 Å². The Bertz CT molecular complexity index is 635. The summed E-state index contributed by atoms with van der Waals surface area (Å²) in [5.74, 6) is 0.569. The molecule has 23 heavy (non-hydrogen) atoms. The zero-order chi connectivity index (χ0) is 15.7. The lowest BCUT2D eigenvalue weighted by Gasteiger charge is -2.41. The predicted octanol–water partition coefficient (Wildman–Crippen LogP) is 3.13. The molecule has 1 aromatic carbocycles. The first-order chi connectivity index (χ1) is 11.3. The summed E-state index contributed by atoms with van der Waals surface area (Å²) in [4.78, 5) is 6.71. The molecule has 0 amide bonds. The lowest BCUT2D eigenvalue weighted by Crippen LogP contribution is -2.43. The van der Waals surface area contributed by atoms with Crippen LogP contribution in [-0.2, 0) is 6.54 Å². The summed E-state index contributed by atoms with van der Waals surface area (Å²) >= 11 is 0. The van der Waals surface area contributed by atoms with Crippen LogP contribution in [0.1, 0.15) is 36.8 Å². The first-order valence-corrected chi connectivity index (χ1v) is 8.35. The SMILES string of the molecule is Fc1ccc(C2N(Cc3ncco3)CCC23CCCNC3)cc1. The molecule has 1 aromatic heterocycles. The smallest absolute Gasteiger partial charge is 0.208 e. The molecule has 2 aromatic rings. The summed E-state index contributed by atoms with van der Waals surface area (Å²) in [6.45, 7) is 3.84. The first kappa shape index (κ1) is 14.8. The Morgan fingerprint density at radius 3 is 2.87 bits per heavy atom. The van der Waals surface area contributed by atoms with Gasteiger partial charge in [-0.05, 0) is 50.0 Å². The van der Waals surface area contributed by atoms with Crippen molar-refractivity contribution >= 4 is 0 Å². The van der Waals surface area contributed by atoms with Crippen LogP contribution >= 0.6 is 0 Å². The van der Waals surface area contributed by atoms with Gasteiger partial charge in [-0.3, -0.25) is 4.90 Å². The summed E-state index contributed by atoms with van der Waals surface area (Å²) in [6.07, 6.45) is 6.88. The van der Waals surface area contributed by atoms with E-state index in [2.05, 4.69) is 15.2 Å². The van der Waals surface area contributed by atoms with Crippen LogP contribution in [0, 0.1) is 11.2 Å². The van der Waals surface area contributed by atoms with Gasteiger partial charge in [-0.15, -0.1) is 0 Å². The maximum atomic E-state index is 13.4. The summed E-state index contributed by atoms with van der Waals surface area (Å²) in [6, 6.07) is 7.29. The van der Waals surface area contributed by atoms with E-state index in [9.17, 15) is 4.39 Å². The molecule has 4 rings (SSSR count). The van der Waals surface area contributed by atoms with Crippen molar-refractivity contribution in [2.75, 3.05) is 19.6 Å². The van der Waals surface area contributed by atoms with Gasteiger partial charge in [-0.25, -0.2) is 9.37 Å². The molecule has 2 fully saturated rings. The molecule has 0 aliphatic carbocycles. The van der Waals surface area contributed by atoms with Crippen LogP contribution in [0.15, 0.2) is 41.1 Å². The summed E-state index contributed by atoms with van der Waals surface area (Å²) in [5.41, 5.74) is 1.42. The third kappa shape index (κ3) is 2.79. The molecule has 2 unspecified atom stereocenters. The number of nitrogens with zero attached hydrogens (tertiary/aromatic N) is 2. The number of benzene rings is 1. The second-order valence-electron chi connectivity index (χ2n) is 6.74. The largest absolute Gasteiger partial charge is 0.448 e. The van der Waals surface area contributed by atoms with Crippen LogP contribution in [0.2, 0.25) is 0 Å². The summed E-state index contributed by atoms with van der Waals surface area (Å²) < 4.78 is 18.8. The van der Waals surface area contributed by atoms with Gasteiger partial charge in [-0.1, -0.05) is 12.1 Å². The van der Waals surface area contributed by atoms with E-state index in [0.717, 1.165) is 31.9 Å². The second kappa shape index (κ2) is 6.06. The number of nitrogens with one attached hydrogen (secondary N) is 1. The molecular weight excluding hydrogens is 293 g/mol. The van der Waals surface area contributed by atoms with Crippen LogP contribution in [0.4, 0.5) is 4.39 Å². The highest BCUT2D eigenvalue weighted by atomic mass is 19.1. The van der Waals surface area contributed by atoms with Gasteiger partial charge in [-0.2, -0.15) is 0 Å². The molecule has 5 heteroatoms. The van der Waals surface area contributed by atoms with Crippen LogP contribution in [0.25, 0.3) is 0 Å². The van der Waals surface area contributed by atoms with Crippen molar-refractivity contribution in [2.45, 2.75) is 31.8 Å². The number of rotatable bonds is 3. The van der Waals surface area contributed by atoms with Crippen LogP contribution in [0.5, 0.6) is 0 Å². The monoisotopic (exact) mass is 315 g/mol.